The lowest BCUT2D eigenvalue weighted by atomic mass is 9.92. The number of carbonyl (C=O) groups excluding carboxylic acids is 1. The van der Waals surface area contributed by atoms with Gasteiger partial charge in [-0.1, -0.05) is 30.3 Å². The van der Waals surface area contributed by atoms with Gasteiger partial charge in [-0.2, -0.15) is 0 Å². The summed E-state index contributed by atoms with van der Waals surface area (Å²) in [6.07, 6.45) is 6.07. The monoisotopic (exact) mass is 423 g/mol. The molecule has 2 aliphatic rings. The maximum atomic E-state index is 12.5. The number of aromatic nitrogens is 1. The summed E-state index contributed by atoms with van der Waals surface area (Å²) in [5.74, 6) is 0.270. The minimum atomic E-state index is -0.331. The molecule has 1 atom stereocenters. The topological polar surface area (TPSA) is 85.4 Å². The average molecular weight is 424 g/mol. The number of carbonyl (C=O) groups is 1. The molecule has 1 aliphatic heterocycles. The zero-order chi connectivity index (χ0) is 21.6. The maximum absolute atomic E-state index is 12.5. The number of amides is 1. The molecule has 0 spiro atoms. The van der Waals surface area contributed by atoms with E-state index in [0.29, 0.717) is 25.3 Å². The fourth-order valence-electron chi connectivity index (χ4n) is 4.88. The van der Waals surface area contributed by atoms with Crippen LogP contribution in [0.4, 0.5) is 0 Å². The van der Waals surface area contributed by atoms with E-state index in [9.17, 15) is 14.7 Å². The van der Waals surface area contributed by atoms with Gasteiger partial charge in [0.2, 0.25) is 0 Å². The van der Waals surface area contributed by atoms with Crippen molar-refractivity contribution in [3.05, 3.63) is 69.6 Å². The van der Waals surface area contributed by atoms with Crippen LogP contribution in [0.15, 0.2) is 47.3 Å². The smallest absolute Gasteiger partial charge is 0.261 e. The second-order valence-electron chi connectivity index (χ2n) is 9.02. The Morgan fingerprint density at radius 1 is 1.00 bits per heavy atom. The van der Waals surface area contributed by atoms with Gasteiger partial charge in [-0.3, -0.25) is 14.5 Å². The van der Waals surface area contributed by atoms with Crippen molar-refractivity contribution >= 4 is 5.91 Å². The third-order valence-corrected chi connectivity index (χ3v) is 6.73. The van der Waals surface area contributed by atoms with Crippen LogP contribution < -0.4 is 10.9 Å². The second kappa shape index (κ2) is 10.2. The highest BCUT2D eigenvalue weighted by atomic mass is 16.3. The number of H-pyrrole nitrogens is 1. The standard InChI is InChI=1S/C25H33N3O3/c29-22-11-8-20(9-12-22)26-24(30)23-13-10-21(27-25(23)31)17-28-15-4-7-19(14-16-28)18-5-2-1-3-6-18/h1-3,5-6,10,13,19-20,22,29H,4,7-9,11-12,14-17H2,(H,26,30)(H,27,31). The molecule has 1 saturated heterocycles. The maximum Gasteiger partial charge on any atom is 0.261 e. The van der Waals surface area contributed by atoms with E-state index in [-0.39, 0.29) is 29.2 Å². The fourth-order valence-corrected chi connectivity index (χ4v) is 4.88. The molecule has 6 nitrogen and oxygen atoms in total. The van der Waals surface area contributed by atoms with E-state index in [4.69, 9.17) is 0 Å². The van der Waals surface area contributed by atoms with Crippen molar-refractivity contribution < 1.29 is 9.90 Å². The molecule has 1 aliphatic carbocycles. The third kappa shape index (κ3) is 5.83. The number of pyridine rings is 1. The number of aliphatic hydroxyl groups is 1. The second-order valence-corrected chi connectivity index (χ2v) is 9.02. The van der Waals surface area contributed by atoms with E-state index in [1.807, 2.05) is 6.07 Å². The molecule has 2 aromatic rings. The molecule has 1 unspecified atom stereocenters. The Bertz CT molecular complexity index is 919. The van der Waals surface area contributed by atoms with Gasteiger partial charge in [-0.25, -0.2) is 0 Å². The summed E-state index contributed by atoms with van der Waals surface area (Å²) in [4.78, 5) is 30.4. The molecule has 4 rings (SSSR count). The lowest BCUT2D eigenvalue weighted by molar-refractivity contribution is 0.0866. The van der Waals surface area contributed by atoms with Crippen molar-refractivity contribution in [1.82, 2.24) is 15.2 Å². The van der Waals surface area contributed by atoms with Gasteiger partial charge in [0.25, 0.3) is 11.5 Å². The van der Waals surface area contributed by atoms with Gasteiger partial charge in [0, 0.05) is 18.3 Å². The first-order valence-electron chi connectivity index (χ1n) is 11.6. The van der Waals surface area contributed by atoms with Gasteiger partial charge in [0.15, 0.2) is 0 Å². The number of benzene rings is 1. The Hall–Kier alpha value is -2.44. The Balaban J connectivity index is 1.33. The number of hydrogen-bond donors (Lipinski definition) is 3. The summed E-state index contributed by atoms with van der Waals surface area (Å²) in [7, 11) is 0. The number of hydrogen-bond acceptors (Lipinski definition) is 4. The minimum absolute atomic E-state index is 0.0321. The lowest BCUT2D eigenvalue weighted by Crippen LogP contribution is -2.40. The van der Waals surface area contributed by atoms with Crippen molar-refractivity contribution in [3.63, 3.8) is 0 Å². The summed E-state index contributed by atoms with van der Waals surface area (Å²) in [5, 5.41) is 12.6. The molecule has 166 valence electrons. The average Bonchev–Trinajstić information content (AvgIpc) is 3.01. The Labute approximate surface area is 183 Å². The van der Waals surface area contributed by atoms with Gasteiger partial charge >= 0.3 is 0 Å². The highest BCUT2D eigenvalue weighted by molar-refractivity contribution is 5.94. The molecule has 2 fully saturated rings. The Kier molecular flexibility index (Phi) is 7.20. The van der Waals surface area contributed by atoms with Gasteiger partial charge in [-0.05, 0) is 81.6 Å². The summed E-state index contributed by atoms with van der Waals surface area (Å²) in [5.41, 5.74) is 2.10. The molecule has 6 heteroatoms. The molecule has 31 heavy (non-hydrogen) atoms. The van der Waals surface area contributed by atoms with E-state index in [1.54, 1.807) is 6.07 Å². The lowest BCUT2D eigenvalue weighted by Gasteiger charge is -2.26. The normalized spacial score (nSPS) is 25.0. The quantitative estimate of drug-likeness (QED) is 0.690. The van der Waals surface area contributed by atoms with Crippen LogP contribution >= 0.6 is 0 Å². The van der Waals surface area contributed by atoms with Crippen LogP contribution in [-0.4, -0.2) is 46.1 Å². The van der Waals surface area contributed by atoms with Gasteiger partial charge in [0.05, 0.1) is 6.10 Å². The van der Waals surface area contributed by atoms with E-state index >= 15 is 0 Å². The zero-order valence-electron chi connectivity index (χ0n) is 18.1. The first kappa shape index (κ1) is 21.8. The largest absolute Gasteiger partial charge is 0.393 e. The molecule has 1 aromatic carbocycles. The molecular weight excluding hydrogens is 390 g/mol. The molecule has 2 heterocycles. The van der Waals surface area contributed by atoms with Crippen molar-refractivity contribution in [2.24, 2.45) is 0 Å². The molecular formula is C25H33N3O3. The van der Waals surface area contributed by atoms with E-state index < -0.39 is 0 Å². The molecule has 1 saturated carbocycles. The van der Waals surface area contributed by atoms with Gasteiger partial charge in [-0.15, -0.1) is 0 Å². The zero-order valence-corrected chi connectivity index (χ0v) is 18.1. The highest BCUT2D eigenvalue weighted by Crippen LogP contribution is 2.28. The molecule has 1 aromatic heterocycles. The van der Waals surface area contributed by atoms with E-state index in [0.717, 1.165) is 44.5 Å². The number of rotatable bonds is 5. The predicted molar refractivity (Wildman–Crippen MR) is 121 cm³/mol. The summed E-state index contributed by atoms with van der Waals surface area (Å²) < 4.78 is 0. The van der Waals surface area contributed by atoms with Crippen LogP contribution in [0.3, 0.4) is 0 Å². The number of nitrogens with zero attached hydrogens (tertiary/aromatic N) is 1. The van der Waals surface area contributed by atoms with Crippen molar-refractivity contribution in [3.8, 4) is 0 Å². The number of likely N-dealkylation sites (tertiary alicyclic amines) is 1. The van der Waals surface area contributed by atoms with Gasteiger partial charge in [0.1, 0.15) is 5.56 Å². The third-order valence-electron chi connectivity index (χ3n) is 6.73. The summed E-state index contributed by atoms with van der Waals surface area (Å²) >= 11 is 0. The highest BCUT2D eigenvalue weighted by Gasteiger charge is 2.23. The number of aliphatic hydroxyl groups excluding tert-OH is 1. The first-order chi connectivity index (χ1) is 15.1. The van der Waals surface area contributed by atoms with Crippen molar-refractivity contribution in [1.29, 1.82) is 0 Å². The van der Waals surface area contributed by atoms with Crippen molar-refractivity contribution in [2.75, 3.05) is 13.1 Å². The van der Waals surface area contributed by atoms with Crippen LogP contribution in [0.5, 0.6) is 0 Å². The van der Waals surface area contributed by atoms with E-state index in [2.05, 4.69) is 45.5 Å². The summed E-state index contributed by atoms with van der Waals surface area (Å²) in [6, 6.07) is 14.3. The van der Waals surface area contributed by atoms with Crippen LogP contribution in [0.25, 0.3) is 0 Å². The number of nitrogens with one attached hydrogen (secondary N) is 2. The van der Waals surface area contributed by atoms with E-state index in [1.165, 1.54) is 12.0 Å². The summed E-state index contributed by atoms with van der Waals surface area (Å²) in [6.45, 7) is 2.71. The number of aromatic amines is 1. The van der Waals surface area contributed by atoms with Crippen LogP contribution in [0.1, 0.15) is 72.5 Å². The Morgan fingerprint density at radius 2 is 1.77 bits per heavy atom. The molecule has 0 radical (unpaired) electrons. The minimum Gasteiger partial charge on any atom is -0.393 e. The molecule has 0 bridgehead atoms. The van der Waals surface area contributed by atoms with Crippen molar-refractivity contribution in [2.45, 2.75) is 69.6 Å². The predicted octanol–water partition coefficient (Wildman–Crippen LogP) is 3.18. The van der Waals surface area contributed by atoms with Crippen LogP contribution in [0, 0.1) is 0 Å². The van der Waals surface area contributed by atoms with Gasteiger partial charge < -0.3 is 15.4 Å². The first-order valence-corrected chi connectivity index (χ1v) is 11.6. The molecule has 1 amide bonds. The van der Waals surface area contributed by atoms with Crippen LogP contribution in [-0.2, 0) is 6.54 Å². The Morgan fingerprint density at radius 3 is 2.52 bits per heavy atom. The SMILES string of the molecule is O=C(NC1CCC(O)CC1)c1ccc(CN2CCCC(c3ccccc3)CC2)[nH]c1=O. The van der Waals surface area contributed by atoms with Crippen LogP contribution in [0.2, 0.25) is 0 Å². The fraction of sp³-hybridized carbons (Fsp3) is 0.520. The molecule has 3 N–H and O–H groups in total.